The molecule has 2 N–H and O–H groups in total. The predicted octanol–water partition coefficient (Wildman–Crippen LogP) is 0.221. The molecule has 0 bridgehead atoms. The van der Waals surface area contributed by atoms with E-state index in [1.54, 1.807) is 5.32 Å². The monoisotopic (exact) mass is 244 g/mol. The first-order valence-electron chi connectivity index (χ1n) is 4.57. The maximum Gasteiger partial charge on any atom is 0.405 e. The molecule has 0 radical (unpaired) electrons. The standard InChI is InChI=1S/C8H15F3N2O3/c1-6(13-16-4-3-15-2)7(14)12-5-8(9,10)11/h6,13H,3-5H2,1-2H3,(H,12,14). The lowest BCUT2D eigenvalue weighted by atomic mass is 10.3. The van der Waals surface area contributed by atoms with Crippen molar-refractivity contribution in [1.29, 1.82) is 0 Å². The molecule has 0 aromatic heterocycles. The van der Waals surface area contributed by atoms with Gasteiger partial charge in [-0.1, -0.05) is 0 Å². The van der Waals surface area contributed by atoms with Gasteiger partial charge < -0.3 is 10.1 Å². The van der Waals surface area contributed by atoms with Gasteiger partial charge in [0.15, 0.2) is 0 Å². The summed E-state index contributed by atoms with van der Waals surface area (Å²) in [7, 11) is 1.48. The number of hydrogen-bond acceptors (Lipinski definition) is 4. The van der Waals surface area contributed by atoms with Gasteiger partial charge in [0.1, 0.15) is 12.6 Å². The average molecular weight is 244 g/mol. The van der Waals surface area contributed by atoms with Crippen LogP contribution in [0.4, 0.5) is 13.2 Å². The summed E-state index contributed by atoms with van der Waals surface area (Å²) in [6.45, 7) is 0.561. The summed E-state index contributed by atoms with van der Waals surface area (Å²) in [5.74, 6) is -0.783. The number of rotatable bonds is 7. The van der Waals surface area contributed by atoms with E-state index in [0.717, 1.165) is 0 Å². The summed E-state index contributed by atoms with van der Waals surface area (Å²) < 4.78 is 39.9. The van der Waals surface area contributed by atoms with Crippen LogP contribution in [0.15, 0.2) is 0 Å². The molecule has 1 unspecified atom stereocenters. The smallest absolute Gasteiger partial charge is 0.382 e. The van der Waals surface area contributed by atoms with E-state index in [2.05, 4.69) is 10.2 Å². The molecule has 0 aliphatic rings. The zero-order chi connectivity index (χ0) is 12.6. The van der Waals surface area contributed by atoms with E-state index < -0.39 is 24.7 Å². The van der Waals surface area contributed by atoms with Gasteiger partial charge in [-0.3, -0.25) is 9.63 Å². The molecule has 0 rings (SSSR count). The van der Waals surface area contributed by atoms with E-state index in [4.69, 9.17) is 4.84 Å². The molecule has 96 valence electrons. The van der Waals surface area contributed by atoms with Gasteiger partial charge in [0.25, 0.3) is 0 Å². The fourth-order valence-electron chi connectivity index (χ4n) is 0.703. The van der Waals surface area contributed by atoms with E-state index in [9.17, 15) is 18.0 Å². The molecule has 1 amide bonds. The maximum absolute atomic E-state index is 11.7. The number of methoxy groups -OCH3 is 1. The van der Waals surface area contributed by atoms with Gasteiger partial charge in [-0.15, -0.1) is 0 Å². The molecule has 0 aromatic rings. The first-order chi connectivity index (χ1) is 7.37. The maximum atomic E-state index is 11.7. The van der Waals surface area contributed by atoms with Crippen molar-refractivity contribution in [2.75, 3.05) is 26.9 Å². The van der Waals surface area contributed by atoms with Crippen molar-refractivity contribution in [3.8, 4) is 0 Å². The number of carbonyl (C=O) groups excluding carboxylic acids is 1. The first kappa shape index (κ1) is 15.1. The Morgan fingerprint density at radius 3 is 2.50 bits per heavy atom. The van der Waals surface area contributed by atoms with Crippen LogP contribution in [0.5, 0.6) is 0 Å². The van der Waals surface area contributed by atoms with Crippen molar-refractivity contribution in [1.82, 2.24) is 10.8 Å². The lowest BCUT2D eigenvalue weighted by molar-refractivity contribution is -0.142. The van der Waals surface area contributed by atoms with Gasteiger partial charge >= 0.3 is 6.18 Å². The van der Waals surface area contributed by atoms with Gasteiger partial charge in [0, 0.05) is 7.11 Å². The molecule has 0 saturated carbocycles. The number of carbonyl (C=O) groups is 1. The normalized spacial score (nSPS) is 13.6. The van der Waals surface area contributed by atoms with Gasteiger partial charge in [-0.2, -0.15) is 18.7 Å². The van der Waals surface area contributed by atoms with Gasteiger partial charge in [-0.25, -0.2) is 0 Å². The third-order valence-electron chi connectivity index (χ3n) is 1.51. The lowest BCUT2D eigenvalue weighted by Crippen LogP contribution is -2.45. The predicted molar refractivity (Wildman–Crippen MR) is 49.5 cm³/mol. The van der Waals surface area contributed by atoms with E-state index in [-0.39, 0.29) is 6.61 Å². The number of halogens is 3. The molecule has 0 heterocycles. The quantitative estimate of drug-likeness (QED) is 0.497. The Morgan fingerprint density at radius 1 is 1.38 bits per heavy atom. The highest BCUT2D eigenvalue weighted by atomic mass is 19.4. The molecule has 0 aliphatic carbocycles. The van der Waals surface area contributed by atoms with Gasteiger partial charge in [-0.05, 0) is 6.92 Å². The van der Waals surface area contributed by atoms with Crippen LogP contribution in [0, 0.1) is 0 Å². The Hall–Kier alpha value is -0.860. The van der Waals surface area contributed by atoms with Gasteiger partial charge in [0.2, 0.25) is 5.91 Å². The third-order valence-corrected chi connectivity index (χ3v) is 1.51. The molecule has 0 saturated heterocycles. The summed E-state index contributed by atoms with van der Waals surface area (Å²) >= 11 is 0. The number of ether oxygens (including phenoxy) is 1. The van der Waals surface area contributed by atoms with E-state index in [0.29, 0.717) is 6.61 Å². The molecule has 16 heavy (non-hydrogen) atoms. The summed E-state index contributed by atoms with van der Waals surface area (Å²) in [6, 6.07) is -0.862. The first-order valence-corrected chi connectivity index (χ1v) is 4.57. The Labute approximate surface area is 91.2 Å². The van der Waals surface area contributed by atoms with E-state index in [1.165, 1.54) is 14.0 Å². The number of alkyl halides is 3. The minimum absolute atomic E-state index is 0.202. The number of amides is 1. The molecule has 1 atom stereocenters. The van der Waals surface area contributed by atoms with Crippen LogP contribution < -0.4 is 10.8 Å². The van der Waals surface area contributed by atoms with Crippen LogP contribution in [0.25, 0.3) is 0 Å². The summed E-state index contributed by atoms with van der Waals surface area (Å²) in [5, 5.41) is 1.73. The highest BCUT2D eigenvalue weighted by molar-refractivity contribution is 5.81. The molecule has 0 spiro atoms. The average Bonchev–Trinajstić information content (AvgIpc) is 2.19. The Kier molecular flexibility index (Phi) is 7.02. The van der Waals surface area contributed by atoms with Crippen LogP contribution >= 0.6 is 0 Å². The second-order valence-corrected chi connectivity index (χ2v) is 3.01. The number of nitrogens with one attached hydrogen (secondary N) is 2. The Bertz CT molecular complexity index is 211. The number of hydroxylamine groups is 1. The molecule has 0 aromatic carbocycles. The molecular weight excluding hydrogens is 229 g/mol. The van der Waals surface area contributed by atoms with Crippen molar-refractivity contribution in [2.24, 2.45) is 0 Å². The molecule has 5 nitrogen and oxygen atoms in total. The fraction of sp³-hybridized carbons (Fsp3) is 0.875. The SMILES string of the molecule is COCCONC(C)C(=O)NCC(F)(F)F. The van der Waals surface area contributed by atoms with Crippen LogP contribution in [-0.2, 0) is 14.4 Å². The fourth-order valence-corrected chi connectivity index (χ4v) is 0.703. The van der Waals surface area contributed by atoms with Crippen molar-refractivity contribution >= 4 is 5.91 Å². The summed E-state index contributed by atoms with van der Waals surface area (Å²) in [4.78, 5) is 15.8. The second-order valence-electron chi connectivity index (χ2n) is 3.01. The molecule has 0 aliphatic heterocycles. The van der Waals surface area contributed by atoms with Gasteiger partial charge in [0.05, 0.1) is 13.2 Å². The van der Waals surface area contributed by atoms with Crippen LogP contribution in [0.2, 0.25) is 0 Å². The highest BCUT2D eigenvalue weighted by Gasteiger charge is 2.28. The molecule has 8 heteroatoms. The zero-order valence-corrected chi connectivity index (χ0v) is 9.06. The van der Waals surface area contributed by atoms with Crippen LogP contribution in [-0.4, -0.2) is 45.0 Å². The topological polar surface area (TPSA) is 59.6 Å². The highest BCUT2D eigenvalue weighted by Crippen LogP contribution is 2.12. The van der Waals surface area contributed by atoms with Crippen molar-refractivity contribution in [2.45, 2.75) is 19.1 Å². The zero-order valence-electron chi connectivity index (χ0n) is 9.06. The minimum Gasteiger partial charge on any atom is -0.382 e. The Morgan fingerprint density at radius 2 is 2.00 bits per heavy atom. The Balaban J connectivity index is 3.65. The van der Waals surface area contributed by atoms with E-state index in [1.807, 2.05) is 0 Å². The largest absolute Gasteiger partial charge is 0.405 e. The third kappa shape index (κ3) is 8.45. The minimum atomic E-state index is -4.41. The molecular formula is C8H15F3N2O3. The van der Waals surface area contributed by atoms with Crippen molar-refractivity contribution in [3.05, 3.63) is 0 Å². The van der Waals surface area contributed by atoms with E-state index >= 15 is 0 Å². The number of hydrogen-bond donors (Lipinski definition) is 2. The summed E-state index contributed by atoms with van der Waals surface area (Å²) in [5.41, 5.74) is 2.29. The van der Waals surface area contributed by atoms with Crippen LogP contribution in [0.3, 0.4) is 0 Å². The van der Waals surface area contributed by atoms with Crippen molar-refractivity contribution < 1.29 is 27.5 Å². The molecule has 0 fully saturated rings. The summed E-state index contributed by atoms with van der Waals surface area (Å²) in [6.07, 6.45) is -4.41. The lowest BCUT2D eigenvalue weighted by Gasteiger charge is -2.14. The van der Waals surface area contributed by atoms with Crippen LogP contribution in [0.1, 0.15) is 6.92 Å². The second kappa shape index (κ2) is 7.42. The van der Waals surface area contributed by atoms with Crippen molar-refractivity contribution in [3.63, 3.8) is 0 Å².